The van der Waals surface area contributed by atoms with Crippen LogP contribution in [0.3, 0.4) is 0 Å². The fraction of sp³-hybridized carbons (Fsp3) is 0.800. The molecule has 0 saturated carbocycles. The van der Waals surface area contributed by atoms with Crippen molar-refractivity contribution < 1.29 is 29.0 Å². The van der Waals surface area contributed by atoms with E-state index in [0.29, 0.717) is 19.5 Å². The van der Waals surface area contributed by atoms with E-state index in [2.05, 4.69) is 29.4 Å². The van der Waals surface area contributed by atoms with E-state index in [1.54, 1.807) is 17.9 Å². The van der Waals surface area contributed by atoms with Crippen LogP contribution in [0.1, 0.15) is 53.4 Å². The number of carbonyl (C=O) groups is 3. The molecule has 3 aliphatic heterocycles. The molecule has 1 N–H and O–H groups in total. The second-order valence-electron chi connectivity index (χ2n) is 9.94. The summed E-state index contributed by atoms with van der Waals surface area (Å²) in [6.07, 6.45) is 4.44. The van der Waals surface area contributed by atoms with Crippen molar-refractivity contribution in [2.75, 3.05) is 26.3 Å². The molecule has 9 heteroatoms. The molecule has 0 aromatic carbocycles. The molecule has 2 bridgehead atoms. The molecule has 3 fully saturated rings. The molecule has 3 heterocycles. The van der Waals surface area contributed by atoms with Gasteiger partial charge in [-0.05, 0) is 25.7 Å². The van der Waals surface area contributed by atoms with Gasteiger partial charge in [0.1, 0.15) is 11.6 Å². The summed E-state index contributed by atoms with van der Waals surface area (Å²) in [4.78, 5) is 44.2. The highest BCUT2D eigenvalue weighted by Crippen LogP contribution is 2.60. The van der Waals surface area contributed by atoms with Crippen molar-refractivity contribution >= 4 is 33.7 Å². The maximum absolute atomic E-state index is 14.2. The first-order chi connectivity index (χ1) is 16.2. The molecule has 0 aromatic heterocycles. The Kier molecular flexibility index (Phi) is 8.85. The monoisotopic (exact) mass is 542 g/mol. The molecule has 0 radical (unpaired) electrons. The summed E-state index contributed by atoms with van der Waals surface area (Å²) in [6.45, 7) is 12.3. The van der Waals surface area contributed by atoms with Crippen LogP contribution in [0.25, 0.3) is 0 Å². The zero-order valence-electron chi connectivity index (χ0n) is 20.7. The maximum atomic E-state index is 14.2. The van der Waals surface area contributed by atoms with Crippen molar-refractivity contribution in [3.8, 4) is 0 Å². The molecule has 3 saturated heterocycles. The van der Waals surface area contributed by atoms with Crippen LogP contribution >= 0.6 is 15.9 Å². The number of ether oxygens (including phenoxy) is 2. The SMILES string of the molecule is C=CCN(CCCCC)C(=O)[C@@H]1N([C@@H](CO)C(C)C)C(=O)[C@H]2[C@H](C(=O)OCC)[C@H]3O[C@@]12CC3Br. The summed E-state index contributed by atoms with van der Waals surface area (Å²) in [7, 11) is 0. The highest BCUT2D eigenvalue weighted by molar-refractivity contribution is 9.09. The Morgan fingerprint density at radius 3 is 2.65 bits per heavy atom. The van der Waals surface area contributed by atoms with Gasteiger partial charge in [0.2, 0.25) is 11.8 Å². The smallest absolute Gasteiger partial charge is 0.312 e. The molecular weight excluding hydrogens is 504 g/mol. The Labute approximate surface area is 211 Å². The lowest BCUT2D eigenvalue weighted by Gasteiger charge is -2.40. The predicted octanol–water partition coefficient (Wildman–Crippen LogP) is 2.52. The second-order valence-corrected chi connectivity index (χ2v) is 11.1. The molecule has 1 spiro atoms. The fourth-order valence-corrected chi connectivity index (χ4v) is 6.95. The van der Waals surface area contributed by atoms with Crippen molar-refractivity contribution in [2.24, 2.45) is 17.8 Å². The standard InChI is InChI=1S/C25H39BrN2O6/c1-6-9-10-12-27(11-7-2)23(31)21-25-13-16(26)20(34-25)18(24(32)33-8-3)19(25)22(30)28(21)17(14-29)15(4)5/h7,15-21,29H,2,6,8-14H2,1,3-5H3/t16?,17-,18-,19+,20-,21-,25+/m0/s1. The molecule has 2 amide bonds. The molecule has 0 aromatic rings. The highest BCUT2D eigenvalue weighted by atomic mass is 79.9. The number of likely N-dealkylation sites (tertiary alicyclic amines) is 1. The number of fused-ring (bicyclic) bond motifs is 1. The minimum Gasteiger partial charge on any atom is -0.466 e. The van der Waals surface area contributed by atoms with Crippen LogP contribution in [0.15, 0.2) is 12.7 Å². The summed E-state index contributed by atoms with van der Waals surface area (Å²) < 4.78 is 11.8. The first kappa shape index (κ1) is 27.1. The van der Waals surface area contributed by atoms with Gasteiger partial charge in [-0.15, -0.1) is 6.58 Å². The Morgan fingerprint density at radius 1 is 1.38 bits per heavy atom. The first-order valence-electron chi connectivity index (χ1n) is 12.5. The number of hydrogen-bond donors (Lipinski definition) is 1. The van der Waals surface area contributed by atoms with E-state index < -0.39 is 41.6 Å². The van der Waals surface area contributed by atoms with Gasteiger partial charge in [-0.25, -0.2) is 0 Å². The zero-order valence-corrected chi connectivity index (χ0v) is 22.3. The van der Waals surface area contributed by atoms with Crippen LogP contribution in [0.5, 0.6) is 0 Å². The van der Waals surface area contributed by atoms with Gasteiger partial charge >= 0.3 is 5.97 Å². The Balaban J connectivity index is 2.08. The van der Waals surface area contributed by atoms with Gasteiger partial charge in [0.25, 0.3) is 0 Å². The summed E-state index contributed by atoms with van der Waals surface area (Å²) in [5.41, 5.74) is -1.14. The molecule has 3 rings (SSSR count). The van der Waals surface area contributed by atoms with Gasteiger partial charge in [-0.3, -0.25) is 14.4 Å². The Morgan fingerprint density at radius 2 is 2.09 bits per heavy atom. The molecular formula is C25H39BrN2O6. The maximum Gasteiger partial charge on any atom is 0.312 e. The van der Waals surface area contributed by atoms with Crippen LogP contribution < -0.4 is 0 Å². The van der Waals surface area contributed by atoms with Crippen molar-refractivity contribution in [3.05, 3.63) is 12.7 Å². The number of rotatable bonds is 12. The van der Waals surface area contributed by atoms with Gasteiger partial charge in [0.05, 0.1) is 37.2 Å². The molecule has 34 heavy (non-hydrogen) atoms. The Hall–Kier alpha value is -1.45. The van der Waals surface area contributed by atoms with Gasteiger partial charge in [0.15, 0.2) is 0 Å². The van der Waals surface area contributed by atoms with Crippen LogP contribution in [-0.2, 0) is 23.9 Å². The number of amides is 2. The topological polar surface area (TPSA) is 96.4 Å². The molecule has 1 unspecified atom stereocenters. The van der Waals surface area contributed by atoms with E-state index in [-0.39, 0.29) is 35.8 Å². The lowest BCUT2D eigenvalue weighted by Crippen LogP contribution is -2.60. The van der Waals surface area contributed by atoms with Crippen molar-refractivity contribution in [1.29, 1.82) is 0 Å². The molecule has 192 valence electrons. The zero-order chi connectivity index (χ0) is 25.2. The van der Waals surface area contributed by atoms with Crippen LogP contribution in [0.2, 0.25) is 0 Å². The number of esters is 1. The summed E-state index contributed by atoms with van der Waals surface area (Å²) >= 11 is 3.65. The number of halogens is 1. The van der Waals surface area contributed by atoms with Gasteiger partial charge < -0.3 is 24.4 Å². The van der Waals surface area contributed by atoms with Crippen LogP contribution in [0.4, 0.5) is 0 Å². The van der Waals surface area contributed by atoms with Crippen molar-refractivity contribution in [2.45, 2.75) is 82.0 Å². The minimum atomic E-state index is -1.14. The van der Waals surface area contributed by atoms with E-state index in [0.717, 1.165) is 19.3 Å². The first-order valence-corrected chi connectivity index (χ1v) is 13.4. The van der Waals surface area contributed by atoms with Crippen LogP contribution in [-0.4, -0.2) is 87.6 Å². The van der Waals surface area contributed by atoms with Gasteiger partial charge in [-0.2, -0.15) is 0 Å². The Bertz CT molecular complexity index is 791. The average Bonchev–Trinajstić information content (AvgIpc) is 3.37. The average molecular weight is 543 g/mol. The third-order valence-electron chi connectivity index (χ3n) is 7.53. The highest BCUT2D eigenvalue weighted by Gasteiger charge is 2.77. The lowest BCUT2D eigenvalue weighted by atomic mass is 9.70. The largest absolute Gasteiger partial charge is 0.466 e. The molecule has 0 aliphatic carbocycles. The van der Waals surface area contributed by atoms with Crippen LogP contribution in [0, 0.1) is 17.8 Å². The number of unbranched alkanes of at least 4 members (excludes halogenated alkanes) is 2. The number of alkyl halides is 1. The van der Waals surface area contributed by atoms with Gasteiger partial charge in [0, 0.05) is 17.9 Å². The summed E-state index contributed by atoms with van der Waals surface area (Å²) in [6, 6.07) is -1.49. The second kappa shape index (κ2) is 11.1. The van der Waals surface area contributed by atoms with E-state index in [1.165, 1.54) is 4.90 Å². The number of aliphatic hydroxyl groups excluding tert-OH is 1. The number of carbonyl (C=O) groups excluding carboxylic acids is 3. The quantitative estimate of drug-likeness (QED) is 0.176. The van der Waals surface area contributed by atoms with Gasteiger partial charge in [-0.1, -0.05) is 55.6 Å². The summed E-state index contributed by atoms with van der Waals surface area (Å²) in [5.74, 6) is -2.68. The number of hydrogen-bond acceptors (Lipinski definition) is 6. The normalized spacial score (nSPS) is 32.7. The minimum absolute atomic E-state index is 0.0922. The fourth-order valence-electron chi connectivity index (χ4n) is 6.00. The molecule has 7 atom stereocenters. The number of aliphatic hydroxyl groups is 1. The molecule has 8 nitrogen and oxygen atoms in total. The van der Waals surface area contributed by atoms with Crippen molar-refractivity contribution in [3.63, 3.8) is 0 Å². The van der Waals surface area contributed by atoms with E-state index in [1.807, 2.05) is 13.8 Å². The third-order valence-corrected chi connectivity index (χ3v) is 8.37. The van der Waals surface area contributed by atoms with E-state index in [4.69, 9.17) is 9.47 Å². The van der Waals surface area contributed by atoms with E-state index in [9.17, 15) is 19.5 Å². The van der Waals surface area contributed by atoms with E-state index >= 15 is 0 Å². The lowest BCUT2D eigenvalue weighted by molar-refractivity contribution is -0.156. The number of nitrogens with zero attached hydrogens (tertiary/aromatic N) is 2. The summed E-state index contributed by atoms with van der Waals surface area (Å²) in [5, 5.41) is 10.3. The molecule has 3 aliphatic rings. The predicted molar refractivity (Wildman–Crippen MR) is 131 cm³/mol. The third kappa shape index (κ3) is 4.44. The van der Waals surface area contributed by atoms with Crippen molar-refractivity contribution in [1.82, 2.24) is 9.80 Å².